The molecule has 0 spiro atoms. The van der Waals surface area contributed by atoms with Crippen molar-refractivity contribution in [2.45, 2.75) is 12.6 Å². The van der Waals surface area contributed by atoms with E-state index in [0.717, 1.165) is 16.6 Å². The van der Waals surface area contributed by atoms with Gasteiger partial charge in [-0.3, -0.25) is 14.4 Å². The molecular formula is C20H15BrClF3N2O4. The Morgan fingerprint density at radius 1 is 1.19 bits per heavy atom. The summed E-state index contributed by atoms with van der Waals surface area (Å²) in [6.45, 7) is -0.630. The molecule has 2 aromatic carbocycles. The van der Waals surface area contributed by atoms with Crippen molar-refractivity contribution < 1.29 is 32.3 Å². The molecule has 1 N–H and O–H groups in total. The number of benzene rings is 2. The van der Waals surface area contributed by atoms with Crippen LogP contribution in [0.5, 0.6) is 0 Å². The average Bonchev–Trinajstić information content (AvgIpc) is 3.09. The summed E-state index contributed by atoms with van der Waals surface area (Å²) in [5, 5.41) is 2.09. The monoisotopic (exact) mass is 518 g/mol. The first-order valence-electron chi connectivity index (χ1n) is 8.94. The molecule has 6 nitrogen and oxygen atoms in total. The van der Waals surface area contributed by atoms with Crippen molar-refractivity contribution in [3.63, 3.8) is 0 Å². The van der Waals surface area contributed by atoms with Crippen molar-refractivity contribution in [3.8, 4) is 0 Å². The molecule has 1 atom stereocenters. The van der Waals surface area contributed by atoms with E-state index >= 15 is 0 Å². The Labute approximate surface area is 188 Å². The van der Waals surface area contributed by atoms with Crippen molar-refractivity contribution in [2.24, 2.45) is 5.92 Å². The third kappa shape index (κ3) is 5.76. The van der Waals surface area contributed by atoms with Crippen LogP contribution in [-0.4, -0.2) is 30.9 Å². The van der Waals surface area contributed by atoms with Crippen LogP contribution in [0.2, 0.25) is 5.02 Å². The lowest BCUT2D eigenvalue weighted by Gasteiger charge is -2.16. The number of hydrogen-bond donors (Lipinski definition) is 1. The number of hydrogen-bond acceptors (Lipinski definition) is 4. The number of anilines is 2. The Kier molecular flexibility index (Phi) is 6.90. The number of rotatable bonds is 5. The van der Waals surface area contributed by atoms with Crippen molar-refractivity contribution in [3.05, 3.63) is 57.5 Å². The molecule has 0 aromatic heterocycles. The van der Waals surface area contributed by atoms with E-state index in [2.05, 4.69) is 21.2 Å². The molecule has 0 saturated carbocycles. The van der Waals surface area contributed by atoms with Gasteiger partial charge >= 0.3 is 12.1 Å². The van der Waals surface area contributed by atoms with Crippen LogP contribution in [0.15, 0.2) is 46.9 Å². The number of carbonyl (C=O) groups excluding carboxylic acids is 3. The van der Waals surface area contributed by atoms with Crippen LogP contribution in [0.4, 0.5) is 24.5 Å². The Balaban J connectivity index is 1.56. The number of carbonyl (C=O) groups is 3. The van der Waals surface area contributed by atoms with E-state index in [1.807, 2.05) is 0 Å². The van der Waals surface area contributed by atoms with Gasteiger partial charge in [-0.15, -0.1) is 0 Å². The lowest BCUT2D eigenvalue weighted by molar-refractivity contribution is -0.151. The minimum Gasteiger partial charge on any atom is -0.455 e. The van der Waals surface area contributed by atoms with E-state index in [-0.39, 0.29) is 29.6 Å². The van der Waals surface area contributed by atoms with Crippen LogP contribution >= 0.6 is 27.5 Å². The van der Waals surface area contributed by atoms with Crippen LogP contribution < -0.4 is 10.2 Å². The summed E-state index contributed by atoms with van der Waals surface area (Å²) in [4.78, 5) is 38.0. The van der Waals surface area contributed by atoms with Gasteiger partial charge < -0.3 is 15.0 Å². The molecule has 164 valence electrons. The molecule has 1 heterocycles. The molecule has 1 aliphatic rings. The first kappa shape index (κ1) is 23.1. The molecule has 31 heavy (non-hydrogen) atoms. The second-order valence-electron chi connectivity index (χ2n) is 6.73. The summed E-state index contributed by atoms with van der Waals surface area (Å²) in [7, 11) is 0. The normalized spacial score (nSPS) is 16.4. The van der Waals surface area contributed by atoms with E-state index in [0.29, 0.717) is 11.8 Å². The van der Waals surface area contributed by atoms with Gasteiger partial charge in [0.05, 0.1) is 22.2 Å². The van der Waals surface area contributed by atoms with Gasteiger partial charge in [-0.2, -0.15) is 13.2 Å². The van der Waals surface area contributed by atoms with Gasteiger partial charge in [0.15, 0.2) is 6.61 Å². The summed E-state index contributed by atoms with van der Waals surface area (Å²) in [5.74, 6) is -2.63. The van der Waals surface area contributed by atoms with Gasteiger partial charge in [0.25, 0.3) is 5.91 Å². The predicted molar refractivity (Wildman–Crippen MR) is 111 cm³/mol. The summed E-state index contributed by atoms with van der Waals surface area (Å²) in [5.41, 5.74) is -0.614. The van der Waals surface area contributed by atoms with Gasteiger partial charge in [0.1, 0.15) is 0 Å². The highest BCUT2D eigenvalue weighted by molar-refractivity contribution is 9.10. The fraction of sp³-hybridized carbons (Fsp3) is 0.250. The largest absolute Gasteiger partial charge is 0.455 e. The molecule has 3 rings (SSSR count). The molecule has 1 aliphatic heterocycles. The maximum Gasteiger partial charge on any atom is 0.416 e. The molecule has 0 unspecified atom stereocenters. The van der Waals surface area contributed by atoms with E-state index in [4.69, 9.17) is 16.3 Å². The van der Waals surface area contributed by atoms with Crippen LogP contribution in [0.1, 0.15) is 12.0 Å². The third-order valence-corrected chi connectivity index (χ3v) is 5.37. The van der Waals surface area contributed by atoms with Crippen molar-refractivity contribution >= 4 is 56.7 Å². The van der Waals surface area contributed by atoms with Crippen LogP contribution in [-0.2, 0) is 25.3 Å². The Morgan fingerprint density at radius 3 is 2.52 bits per heavy atom. The molecule has 11 heteroatoms. The zero-order valence-corrected chi connectivity index (χ0v) is 18.1. The van der Waals surface area contributed by atoms with Gasteiger partial charge in [-0.05, 0) is 42.5 Å². The molecule has 2 aromatic rings. The zero-order valence-electron chi connectivity index (χ0n) is 15.7. The SMILES string of the molecule is O=C(COC(=O)[C@@H]1CC(=O)N(c2ccc(Br)cc2)C1)Nc1cc(C(F)(F)F)ccc1Cl. The number of ether oxygens (including phenoxy) is 1. The summed E-state index contributed by atoms with van der Waals surface area (Å²) < 4.78 is 44.2. The van der Waals surface area contributed by atoms with Gasteiger partial charge in [-0.1, -0.05) is 27.5 Å². The summed E-state index contributed by atoms with van der Waals surface area (Å²) in [6, 6.07) is 9.45. The fourth-order valence-corrected chi connectivity index (χ4v) is 3.40. The lowest BCUT2D eigenvalue weighted by atomic mass is 10.1. The molecule has 0 bridgehead atoms. The molecule has 1 fully saturated rings. The molecule has 1 saturated heterocycles. The number of halogens is 5. The van der Waals surface area contributed by atoms with E-state index in [1.54, 1.807) is 24.3 Å². The number of nitrogens with zero attached hydrogens (tertiary/aromatic N) is 1. The highest BCUT2D eigenvalue weighted by Crippen LogP contribution is 2.34. The average molecular weight is 520 g/mol. The maximum absolute atomic E-state index is 12.8. The predicted octanol–water partition coefficient (Wildman–Crippen LogP) is 4.66. The number of amides is 2. The summed E-state index contributed by atoms with van der Waals surface area (Å²) >= 11 is 9.12. The smallest absolute Gasteiger partial charge is 0.416 e. The first-order valence-corrected chi connectivity index (χ1v) is 10.1. The van der Waals surface area contributed by atoms with Gasteiger partial charge in [0.2, 0.25) is 5.91 Å². The van der Waals surface area contributed by atoms with Crippen molar-refractivity contribution in [1.29, 1.82) is 0 Å². The van der Waals surface area contributed by atoms with Gasteiger partial charge in [0, 0.05) is 23.1 Å². The zero-order chi connectivity index (χ0) is 22.8. The Morgan fingerprint density at radius 2 is 1.87 bits per heavy atom. The van der Waals surface area contributed by atoms with Gasteiger partial charge in [-0.25, -0.2) is 0 Å². The molecule has 0 radical (unpaired) electrons. The van der Waals surface area contributed by atoms with Crippen LogP contribution in [0, 0.1) is 5.92 Å². The lowest BCUT2D eigenvalue weighted by Crippen LogP contribution is -2.28. The molecule has 0 aliphatic carbocycles. The standard InChI is InChI=1S/C20H15BrClF3N2O4/c21-13-2-4-14(5-3-13)27-9-11(7-18(27)29)19(30)31-10-17(28)26-16-8-12(20(23,24)25)1-6-15(16)22/h1-6,8,11H,7,9-10H2,(H,26,28)/t11-/m1/s1. The second-order valence-corrected chi connectivity index (χ2v) is 8.05. The first-order chi connectivity index (χ1) is 14.5. The minimum atomic E-state index is -4.60. The quantitative estimate of drug-likeness (QED) is 0.583. The van der Waals surface area contributed by atoms with E-state index < -0.39 is 36.1 Å². The minimum absolute atomic E-state index is 0.0734. The highest BCUT2D eigenvalue weighted by Gasteiger charge is 2.36. The second kappa shape index (κ2) is 9.27. The maximum atomic E-state index is 12.8. The summed E-state index contributed by atoms with van der Waals surface area (Å²) in [6.07, 6.45) is -4.68. The van der Waals surface area contributed by atoms with Crippen molar-refractivity contribution in [1.82, 2.24) is 0 Å². The van der Waals surface area contributed by atoms with E-state index in [1.165, 1.54) is 4.90 Å². The van der Waals surface area contributed by atoms with Crippen LogP contribution in [0.25, 0.3) is 0 Å². The number of nitrogens with one attached hydrogen (secondary N) is 1. The van der Waals surface area contributed by atoms with Crippen LogP contribution in [0.3, 0.4) is 0 Å². The third-order valence-electron chi connectivity index (χ3n) is 4.51. The van der Waals surface area contributed by atoms with Crippen molar-refractivity contribution in [2.75, 3.05) is 23.4 Å². The number of alkyl halides is 3. The molecule has 2 amide bonds. The fourth-order valence-electron chi connectivity index (χ4n) is 2.97. The topological polar surface area (TPSA) is 75.7 Å². The van der Waals surface area contributed by atoms with E-state index in [9.17, 15) is 27.6 Å². The Bertz CT molecular complexity index is 1010. The molecular weight excluding hydrogens is 505 g/mol. The number of esters is 1. The highest BCUT2D eigenvalue weighted by atomic mass is 79.9. The Hall–Kier alpha value is -2.59.